The van der Waals surface area contributed by atoms with Gasteiger partial charge in [-0.15, -0.1) is 12.4 Å². The number of nitrogens with zero attached hydrogens (tertiary/aromatic N) is 1. The van der Waals surface area contributed by atoms with Crippen LogP contribution in [0.25, 0.3) is 10.8 Å². The van der Waals surface area contributed by atoms with Crippen molar-refractivity contribution in [3.8, 4) is 0 Å². The normalized spacial score (nSPS) is 18.7. The predicted octanol–water partition coefficient (Wildman–Crippen LogP) is 1.62. The smallest absolute Gasteiger partial charge is 0.265 e. The summed E-state index contributed by atoms with van der Waals surface area (Å²) >= 11 is 0. The second-order valence-corrected chi connectivity index (χ2v) is 8.28. The van der Waals surface area contributed by atoms with E-state index in [1.807, 2.05) is 12.1 Å². The summed E-state index contributed by atoms with van der Waals surface area (Å²) in [7, 11) is -3.69. The molecule has 1 aliphatic carbocycles. The Morgan fingerprint density at radius 1 is 1.24 bits per heavy atom. The number of hydrogen-bond acceptors (Lipinski definition) is 4. The van der Waals surface area contributed by atoms with Gasteiger partial charge in [0.15, 0.2) is 0 Å². The van der Waals surface area contributed by atoms with E-state index < -0.39 is 10.0 Å². The van der Waals surface area contributed by atoms with E-state index in [2.05, 4.69) is 5.32 Å². The van der Waals surface area contributed by atoms with E-state index in [0.29, 0.717) is 23.5 Å². The average molecular weight is 382 g/mol. The number of anilines is 1. The Morgan fingerprint density at radius 3 is 2.60 bits per heavy atom. The first-order valence-electron chi connectivity index (χ1n) is 8.05. The van der Waals surface area contributed by atoms with E-state index in [9.17, 15) is 13.2 Å². The van der Waals surface area contributed by atoms with E-state index in [0.717, 1.165) is 18.2 Å². The Labute approximate surface area is 152 Å². The lowest BCUT2D eigenvalue weighted by Gasteiger charge is -2.19. The molecule has 6 nitrogen and oxygen atoms in total. The number of nitrogens with two attached hydrogens (primary N) is 1. The first-order chi connectivity index (χ1) is 11.5. The highest BCUT2D eigenvalue weighted by molar-refractivity contribution is 7.93. The minimum atomic E-state index is -3.69. The Bertz CT molecular complexity index is 923. The van der Waals surface area contributed by atoms with Crippen LogP contribution in [0.2, 0.25) is 0 Å². The SMILES string of the molecule is Cl.NC(CNC(=O)CN1c2cccc3cccc(c23)S1(=O)=O)C1CC1. The lowest BCUT2D eigenvalue weighted by Crippen LogP contribution is -2.44. The van der Waals surface area contributed by atoms with Crippen LogP contribution in [-0.2, 0) is 14.8 Å². The Balaban J connectivity index is 0.00000182. The molecule has 8 heteroatoms. The molecule has 2 aromatic rings. The minimum absolute atomic E-state index is 0. The number of amides is 1. The number of carbonyl (C=O) groups is 1. The van der Waals surface area contributed by atoms with Crippen molar-refractivity contribution in [2.45, 2.75) is 23.8 Å². The van der Waals surface area contributed by atoms with Crippen LogP contribution in [0.15, 0.2) is 41.3 Å². The number of rotatable bonds is 5. The molecule has 1 fully saturated rings. The summed E-state index contributed by atoms with van der Waals surface area (Å²) in [5.74, 6) is 0.151. The summed E-state index contributed by atoms with van der Waals surface area (Å²) in [5, 5.41) is 4.29. The standard InChI is InChI=1S/C17H19N3O3S.ClH/c18-13(11-7-8-11)9-19-16(21)10-20-14-5-1-3-12-4-2-6-15(17(12)14)24(20,22)23;/h1-6,11,13H,7-10,18H2,(H,19,21);1H. The van der Waals surface area contributed by atoms with E-state index in [4.69, 9.17) is 5.73 Å². The molecule has 1 unspecified atom stereocenters. The van der Waals surface area contributed by atoms with Gasteiger partial charge in [-0.25, -0.2) is 8.42 Å². The molecule has 1 saturated carbocycles. The van der Waals surface area contributed by atoms with Crippen molar-refractivity contribution in [3.63, 3.8) is 0 Å². The molecule has 2 aliphatic rings. The van der Waals surface area contributed by atoms with Crippen molar-refractivity contribution < 1.29 is 13.2 Å². The van der Waals surface area contributed by atoms with Gasteiger partial charge in [0, 0.05) is 18.0 Å². The van der Waals surface area contributed by atoms with Gasteiger partial charge >= 0.3 is 0 Å². The number of nitrogens with one attached hydrogen (secondary N) is 1. The van der Waals surface area contributed by atoms with Crippen LogP contribution in [0.3, 0.4) is 0 Å². The van der Waals surface area contributed by atoms with Crippen LogP contribution < -0.4 is 15.4 Å². The highest BCUT2D eigenvalue weighted by atomic mass is 35.5. The zero-order valence-corrected chi connectivity index (χ0v) is 15.1. The van der Waals surface area contributed by atoms with Crippen LogP contribution in [0.4, 0.5) is 5.69 Å². The van der Waals surface area contributed by atoms with E-state index >= 15 is 0 Å². The average Bonchev–Trinajstić information content (AvgIpc) is 3.38. The number of benzene rings is 2. The summed E-state index contributed by atoms with van der Waals surface area (Å²) in [4.78, 5) is 12.5. The molecule has 0 radical (unpaired) electrons. The Morgan fingerprint density at radius 2 is 1.92 bits per heavy atom. The molecular weight excluding hydrogens is 362 g/mol. The van der Waals surface area contributed by atoms with Crippen LogP contribution >= 0.6 is 12.4 Å². The van der Waals surface area contributed by atoms with E-state index in [1.54, 1.807) is 24.3 Å². The van der Waals surface area contributed by atoms with Crippen LogP contribution in [0.1, 0.15) is 12.8 Å². The number of sulfonamides is 1. The monoisotopic (exact) mass is 381 g/mol. The largest absolute Gasteiger partial charge is 0.353 e. The molecule has 1 atom stereocenters. The van der Waals surface area contributed by atoms with Crippen molar-refractivity contribution in [2.75, 3.05) is 17.4 Å². The quantitative estimate of drug-likeness (QED) is 0.823. The molecule has 0 spiro atoms. The third-order valence-electron chi connectivity index (χ3n) is 4.73. The fourth-order valence-corrected chi connectivity index (χ4v) is 4.90. The van der Waals surface area contributed by atoms with Crippen molar-refractivity contribution in [1.29, 1.82) is 0 Å². The molecule has 25 heavy (non-hydrogen) atoms. The first-order valence-corrected chi connectivity index (χ1v) is 9.49. The summed E-state index contributed by atoms with van der Waals surface area (Å²) in [6.07, 6.45) is 2.21. The third-order valence-corrected chi connectivity index (χ3v) is 6.53. The number of halogens is 1. The molecule has 0 saturated heterocycles. The maximum absolute atomic E-state index is 12.8. The van der Waals surface area contributed by atoms with E-state index in [-0.39, 0.29) is 35.8 Å². The predicted molar refractivity (Wildman–Crippen MR) is 99.4 cm³/mol. The maximum Gasteiger partial charge on any atom is 0.265 e. The summed E-state index contributed by atoms with van der Waals surface area (Å²) < 4.78 is 26.7. The first kappa shape index (κ1) is 18.0. The molecule has 1 amide bonds. The highest BCUT2D eigenvalue weighted by Crippen LogP contribution is 2.41. The third kappa shape index (κ3) is 3.07. The molecule has 2 aromatic carbocycles. The van der Waals surface area contributed by atoms with Gasteiger partial charge in [-0.1, -0.05) is 24.3 Å². The van der Waals surface area contributed by atoms with Gasteiger partial charge in [0.1, 0.15) is 6.54 Å². The van der Waals surface area contributed by atoms with Crippen molar-refractivity contribution >= 4 is 44.8 Å². The van der Waals surface area contributed by atoms with E-state index in [1.165, 1.54) is 4.31 Å². The van der Waals surface area contributed by atoms with Gasteiger partial charge in [0.25, 0.3) is 10.0 Å². The van der Waals surface area contributed by atoms with Crippen molar-refractivity contribution in [2.24, 2.45) is 11.7 Å². The van der Waals surface area contributed by atoms with Crippen LogP contribution in [0.5, 0.6) is 0 Å². The summed E-state index contributed by atoms with van der Waals surface area (Å²) in [6.45, 7) is 0.155. The fourth-order valence-electron chi connectivity index (χ4n) is 3.24. The van der Waals surface area contributed by atoms with Gasteiger partial charge in [0.05, 0.1) is 10.6 Å². The van der Waals surface area contributed by atoms with Crippen LogP contribution in [0, 0.1) is 5.92 Å². The zero-order chi connectivity index (χ0) is 16.9. The summed E-state index contributed by atoms with van der Waals surface area (Å²) in [5.41, 5.74) is 6.53. The molecule has 0 aromatic heterocycles. The van der Waals surface area contributed by atoms with Gasteiger partial charge in [-0.2, -0.15) is 0 Å². The fraction of sp³-hybridized carbons (Fsp3) is 0.353. The number of hydrogen-bond donors (Lipinski definition) is 2. The lowest BCUT2D eigenvalue weighted by molar-refractivity contribution is -0.119. The second-order valence-electron chi connectivity index (χ2n) is 6.45. The summed E-state index contributed by atoms with van der Waals surface area (Å²) in [6, 6.07) is 10.5. The maximum atomic E-state index is 12.8. The van der Waals surface area contributed by atoms with Crippen molar-refractivity contribution in [1.82, 2.24) is 5.32 Å². The zero-order valence-electron chi connectivity index (χ0n) is 13.5. The lowest BCUT2D eigenvalue weighted by atomic mass is 10.1. The molecular formula is C17H20ClN3O3S. The Hall–Kier alpha value is -1.83. The molecule has 0 bridgehead atoms. The molecule has 1 aliphatic heterocycles. The van der Waals surface area contributed by atoms with Crippen LogP contribution in [-0.4, -0.2) is 33.5 Å². The second kappa shape index (κ2) is 6.48. The van der Waals surface area contributed by atoms with Gasteiger partial charge < -0.3 is 11.1 Å². The van der Waals surface area contributed by atoms with Gasteiger partial charge in [0.2, 0.25) is 5.91 Å². The molecule has 4 rings (SSSR count). The minimum Gasteiger partial charge on any atom is -0.353 e. The molecule has 1 heterocycles. The topological polar surface area (TPSA) is 92.5 Å². The molecule has 3 N–H and O–H groups in total. The molecule has 134 valence electrons. The Kier molecular flexibility index (Phi) is 4.66. The van der Waals surface area contributed by atoms with Crippen molar-refractivity contribution in [3.05, 3.63) is 36.4 Å². The van der Waals surface area contributed by atoms with Gasteiger partial charge in [-0.05, 0) is 36.3 Å². The van der Waals surface area contributed by atoms with Gasteiger partial charge in [-0.3, -0.25) is 9.10 Å². The number of carbonyl (C=O) groups excluding carboxylic acids is 1. The highest BCUT2D eigenvalue weighted by Gasteiger charge is 2.36.